The fourth-order valence-corrected chi connectivity index (χ4v) is 3.00. The van der Waals surface area contributed by atoms with Gasteiger partial charge in [0.2, 0.25) is 11.8 Å². The van der Waals surface area contributed by atoms with E-state index < -0.39 is 6.04 Å². The lowest BCUT2D eigenvalue weighted by Gasteiger charge is -2.29. The molecule has 27 heavy (non-hydrogen) atoms. The molecule has 0 bridgehead atoms. The van der Waals surface area contributed by atoms with Crippen molar-refractivity contribution in [2.45, 2.75) is 39.3 Å². The molecular formula is C21H24Cl2N2O2. The van der Waals surface area contributed by atoms with Crippen molar-refractivity contribution in [3.8, 4) is 0 Å². The monoisotopic (exact) mass is 406 g/mol. The fraction of sp³-hybridized carbons (Fsp3) is 0.333. The minimum Gasteiger partial charge on any atom is -0.354 e. The number of benzene rings is 2. The minimum absolute atomic E-state index is 0.138. The van der Waals surface area contributed by atoms with Crippen molar-refractivity contribution in [2.24, 2.45) is 0 Å². The number of halogens is 2. The first-order valence-corrected chi connectivity index (χ1v) is 9.73. The second-order valence-electron chi connectivity index (χ2n) is 6.38. The van der Waals surface area contributed by atoms with Gasteiger partial charge in [-0.25, -0.2) is 0 Å². The van der Waals surface area contributed by atoms with Crippen LogP contribution in [0.15, 0.2) is 48.5 Å². The van der Waals surface area contributed by atoms with Crippen LogP contribution in [0.2, 0.25) is 10.0 Å². The normalized spacial score (nSPS) is 11.7. The number of carbonyl (C=O) groups is 2. The third-order valence-corrected chi connectivity index (χ3v) is 4.90. The van der Waals surface area contributed by atoms with Crippen molar-refractivity contribution in [3.63, 3.8) is 0 Å². The zero-order valence-corrected chi connectivity index (χ0v) is 17.1. The first-order valence-electron chi connectivity index (χ1n) is 8.97. The predicted molar refractivity (Wildman–Crippen MR) is 110 cm³/mol. The van der Waals surface area contributed by atoms with E-state index in [1.165, 1.54) is 0 Å². The average molecular weight is 407 g/mol. The first kappa shape index (κ1) is 21.3. The van der Waals surface area contributed by atoms with Gasteiger partial charge in [-0.15, -0.1) is 0 Å². The number of amides is 2. The van der Waals surface area contributed by atoms with E-state index in [9.17, 15) is 9.59 Å². The molecule has 2 aromatic rings. The van der Waals surface area contributed by atoms with E-state index >= 15 is 0 Å². The van der Waals surface area contributed by atoms with Gasteiger partial charge < -0.3 is 10.2 Å². The van der Waals surface area contributed by atoms with E-state index in [0.29, 0.717) is 23.1 Å². The summed E-state index contributed by atoms with van der Waals surface area (Å²) in [5, 5.41) is 4.03. The summed E-state index contributed by atoms with van der Waals surface area (Å²) >= 11 is 12.1. The van der Waals surface area contributed by atoms with Gasteiger partial charge in [-0.2, -0.15) is 0 Å². The molecule has 2 amide bonds. The van der Waals surface area contributed by atoms with Crippen molar-refractivity contribution in [2.75, 3.05) is 6.54 Å². The third-order valence-electron chi connectivity index (χ3n) is 4.28. The van der Waals surface area contributed by atoms with Gasteiger partial charge in [-0.1, -0.05) is 60.5 Å². The molecule has 0 aliphatic carbocycles. The van der Waals surface area contributed by atoms with Gasteiger partial charge >= 0.3 is 0 Å². The van der Waals surface area contributed by atoms with Crippen LogP contribution >= 0.6 is 23.2 Å². The van der Waals surface area contributed by atoms with Gasteiger partial charge in [0, 0.05) is 23.1 Å². The molecule has 0 aliphatic heterocycles. The second-order valence-corrected chi connectivity index (χ2v) is 7.23. The summed E-state index contributed by atoms with van der Waals surface area (Å²) in [4.78, 5) is 27.1. The smallest absolute Gasteiger partial charge is 0.242 e. The number of carbonyl (C=O) groups excluding carboxylic acids is 2. The Labute approximate surface area is 170 Å². The summed E-state index contributed by atoms with van der Waals surface area (Å²) in [5.74, 6) is -0.324. The van der Waals surface area contributed by atoms with Crippen molar-refractivity contribution in [1.29, 1.82) is 0 Å². The molecular weight excluding hydrogens is 383 g/mol. The summed E-state index contributed by atoms with van der Waals surface area (Å²) < 4.78 is 0. The van der Waals surface area contributed by atoms with Crippen molar-refractivity contribution in [3.05, 3.63) is 69.7 Å². The molecule has 0 spiro atoms. The summed E-state index contributed by atoms with van der Waals surface area (Å²) in [7, 11) is 0. The lowest BCUT2D eigenvalue weighted by molar-refractivity contribution is -0.140. The van der Waals surface area contributed by atoms with Gasteiger partial charge in [0.15, 0.2) is 0 Å². The highest BCUT2D eigenvalue weighted by atomic mass is 35.5. The van der Waals surface area contributed by atoms with Gasteiger partial charge in [0.25, 0.3) is 0 Å². The Hall–Kier alpha value is -2.04. The molecule has 1 atom stereocenters. The molecule has 0 unspecified atom stereocenters. The molecule has 2 aromatic carbocycles. The molecule has 144 valence electrons. The molecule has 4 nitrogen and oxygen atoms in total. The van der Waals surface area contributed by atoms with Crippen molar-refractivity contribution >= 4 is 35.0 Å². The standard InChI is InChI=1S/C21H24Cl2N2O2/c1-3-12-24-21(27)15(2)25(14-16-8-10-18(22)11-9-16)20(26)13-17-6-4-5-7-19(17)23/h4-11,15H,3,12-14H2,1-2H3,(H,24,27)/t15-/m1/s1. The van der Waals surface area contributed by atoms with E-state index in [4.69, 9.17) is 23.2 Å². The van der Waals surface area contributed by atoms with E-state index in [1.54, 1.807) is 30.0 Å². The van der Waals surface area contributed by atoms with Crippen LogP contribution in [0.1, 0.15) is 31.4 Å². The quantitative estimate of drug-likeness (QED) is 0.702. The highest BCUT2D eigenvalue weighted by molar-refractivity contribution is 6.31. The first-order chi connectivity index (χ1) is 12.9. The predicted octanol–water partition coefficient (Wildman–Crippen LogP) is 4.48. The third kappa shape index (κ3) is 6.26. The summed E-state index contributed by atoms with van der Waals surface area (Å²) in [5.41, 5.74) is 1.65. The van der Waals surface area contributed by atoms with Gasteiger partial charge in [0.05, 0.1) is 6.42 Å². The molecule has 0 aromatic heterocycles. The molecule has 6 heteroatoms. The lowest BCUT2D eigenvalue weighted by Crippen LogP contribution is -2.48. The van der Waals surface area contributed by atoms with E-state index in [2.05, 4.69) is 5.32 Å². The molecule has 0 saturated carbocycles. The molecule has 0 heterocycles. The summed E-state index contributed by atoms with van der Waals surface area (Å²) in [6.07, 6.45) is 0.974. The van der Waals surface area contributed by atoms with Crippen LogP contribution in [0.3, 0.4) is 0 Å². The zero-order valence-electron chi connectivity index (χ0n) is 15.5. The van der Waals surface area contributed by atoms with Crippen LogP contribution in [0, 0.1) is 0 Å². The van der Waals surface area contributed by atoms with Crippen molar-refractivity contribution < 1.29 is 9.59 Å². The Kier molecular flexibility index (Phi) is 8.14. The lowest BCUT2D eigenvalue weighted by atomic mass is 10.1. The Morgan fingerprint density at radius 2 is 1.74 bits per heavy atom. The molecule has 2 rings (SSSR count). The molecule has 0 radical (unpaired) electrons. The largest absolute Gasteiger partial charge is 0.354 e. The van der Waals surface area contributed by atoms with Crippen LogP contribution in [0.25, 0.3) is 0 Å². The van der Waals surface area contributed by atoms with Crippen LogP contribution in [0.5, 0.6) is 0 Å². The number of rotatable bonds is 8. The van der Waals surface area contributed by atoms with Gasteiger partial charge in [-0.3, -0.25) is 9.59 Å². The van der Waals surface area contributed by atoms with Gasteiger partial charge in [-0.05, 0) is 42.7 Å². The minimum atomic E-state index is -0.595. The van der Waals surface area contributed by atoms with Crippen LogP contribution in [-0.2, 0) is 22.6 Å². The zero-order chi connectivity index (χ0) is 19.8. The second kappa shape index (κ2) is 10.3. The summed E-state index contributed by atoms with van der Waals surface area (Å²) in [6.45, 7) is 4.63. The van der Waals surface area contributed by atoms with E-state index in [1.807, 2.05) is 37.3 Å². The van der Waals surface area contributed by atoms with E-state index in [-0.39, 0.29) is 18.2 Å². The molecule has 0 aliphatic rings. The Morgan fingerprint density at radius 3 is 2.37 bits per heavy atom. The molecule has 1 N–H and O–H groups in total. The highest BCUT2D eigenvalue weighted by Gasteiger charge is 2.26. The Morgan fingerprint density at radius 1 is 1.07 bits per heavy atom. The topological polar surface area (TPSA) is 49.4 Å². The van der Waals surface area contributed by atoms with Crippen LogP contribution < -0.4 is 5.32 Å². The van der Waals surface area contributed by atoms with E-state index in [0.717, 1.165) is 17.5 Å². The molecule has 0 saturated heterocycles. The average Bonchev–Trinajstić information content (AvgIpc) is 2.66. The van der Waals surface area contributed by atoms with Crippen molar-refractivity contribution in [1.82, 2.24) is 10.2 Å². The van der Waals surface area contributed by atoms with Gasteiger partial charge in [0.1, 0.15) is 6.04 Å². The molecule has 0 fully saturated rings. The Balaban J connectivity index is 2.21. The maximum absolute atomic E-state index is 13.0. The number of nitrogens with one attached hydrogen (secondary N) is 1. The number of hydrogen-bond donors (Lipinski definition) is 1. The number of nitrogens with zero attached hydrogens (tertiary/aromatic N) is 1. The highest BCUT2D eigenvalue weighted by Crippen LogP contribution is 2.19. The Bertz CT molecular complexity index is 778. The summed E-state index contributed by atoms with van der Waals surface area (Å²) in [6, 6.07) is 13.9. The maximum atomic E-state index is 13.0. The fourth-order valence-electron chi connectivity index (χ4n) is 2.67. The SMILES string of the molecule is CCCNC(=O)[C@@H](C)N(Cc1ccc(Cl)cc1)C(=O)Cc1ccccc1Cl. The van der Waals surface area contributed by atoms with Crippen LogP contribution in [0.4, 0.5) is 0 Å². The van der Waals surface area contributed by atoms with Crippen LogP contribution in [-0.4, -0.2) is 29.3 Å². The number of hydrogen-bond acceptors (Lipinski definition) is 2. The maximum Gasteiger partial charge on any atom is 0.242 e.